The van der Waals surface area contributed by atoms with Crippen molar-refractivity contribution in [1.82, 2.24) is 0 Å². The molecule has 0 N–H and O–H groups in total. The summed E-state index contributed by atoms with van der Waals surface area (Å²) in [5, 5.41) is 14.7. The number of nitriles is 1. The van der Waals surface area contributed by atoms with Gasteiger partial charge in [-0.3, -0.25) is 0 Å². The van der Waals surface area contributed by atoms with Crippen LogP contribution in [-0.2, 0) is 5.41 Å². The summed E-state index contributed by atoms with van der Waals surface area (Å²) in [6.45, 7) is 4.75. The fraction of sp³-hybridized carbons (Fsp3) is 0.0536. The lowest BCUT2D eigenvalue weighted by molar-refractivity contribution is 0.661. The van der Waals surface area contributed by atoms with Crippen molar-refractivity contribution in [1.29, 1.82) is 5.26 Å². The molecule has 0 amide bonds. The number of benzene rings is 9. The average Bonchev–Trinajstić information content (AvgIpc) is 3.80. The van der Waals surface area contributed by atoms with Crippen molar-refractivity contribution in [3.05, 3.63) is 217 Å². The lowest BCUT2D eigenvalue weighted by Crippen LogP contribution is -2.18. The third kappa shape index (κ3) is 5.70. The first-order chi connectivity index (χ1) is 29.5. The molecule has 11 rings (SSSR count). The van der Waals surface area contributed by atoms with Crippen LogP contribution in [0.2, 0.25) is 0 Å². The van der Waals surface area contributed by atoms with Gasteiger partial charge in [-0.05, 0) is 118 Å². The maximum Gasteiger partial charge on any atom is 0.0991 e. The van der Waals surface area contributed by atoms with Gasteiger partial charge in [-0.25, -0.2) is 0 Å². The Morgan fingerprint density at radius 3 is 1.78 bits per heavy atom. The Labute approximate surface area is 354 Å². The van der Waals surface area contributed by atoms with E-state index in [9.17, 15) is 5.26 Å². The lowest BCUT2D eigenvalue weighted by atomic mass is 9.81. The molecule has 3 nitrogen and oxygen atoms in total. The van der Waals surface area contributed by atoms with E-state index in [2.05, 4.69) is 218 Å². The number of fused-ring (bicyclic) bond motifs is 8. The predicted octanol–water partition coefficient (Wildman–Crippen LogP) is 16.0. The first-order valence-corrected chi connectivity index (χ1v) is 21.2. The van der Waals surface area contributed by atoms with Gasteiger partial charge in [0.15, 0.2) is 0 Å². The van der Waals surface area contributed by atoms with Crippen molar-refractivity contribution in [3.8, 4) is 28.3 Å². The zero-order chi connectivity index (χ0) is 40.4. The molecule has 1 aliphatic carbocycles. The van der Waals surface area contributed by atoms with Gasteiger partial charge in [0.1, 0.15) is 0 Å². The van der Waals surface area contributed by atoms with Gasteiger partial charge in [-0.15, -0.1) is 11.3 Å². The van der Waals surface area contributed by atoms with E-state index in [-0.39, 0.29) is 5.41 Å². The number of hydrogen-bond donors (Lipinski definition) is 0. The van der Waals surface area contributed by atoms with Gasteiger partial charge in [0, 0.05) is 49.0 Å². The summed E-state index contributed by atoms with van der Waals surface area (Å²) in [7, 11) is 0. The second kappa shape index (κ2) is 14.1. The average molecular weight is 786 g/mol. The Morgan fingerprint density at radius 2 is 1.03 bits per heavy atom. The summed E-state index contributed by atoms with van der Waals surface area (Å²) >= 11 is 1.84. The molecule has 0 bridgehead atoms. The quantitative estimate of drug-likeness (QED) is 0.161. The van der Waals surface area contributed by atoms with Gasteiger partial charge < -0.3 is 9.80 Å². The summed E-state index contributed by atoms with van der Waals surface area (Å²) in [5.74, 6) is 0. The van der Waals surface area contributed by atoms with Crippen LogP contribution < -0.4 is 9.80 Å². The zero-order valence-corrected chi connectivity index (χ0v) is 34.1. The number of nitrogens with zero attached hydrogens (tertiary/aromatic N) is 3. The molecule has 0 atom stereocenters. The highest BCUT2D eigenvalue weighted by Gasteiger charge is 2.38. The SMILES string of the molecule is CC1(C)c2cc(N(c3ccccc3)c3ccc(-c4ccccc4)cc3)ccc2-c2c1cc(N(c1ccc(C#N)cc1)c1cccc3c1sc1ccccc13)c1ccccc21. The molecule has 0 fully saturated rings. The molecule has 9 aromatic carbocycles. The van der Waals surface area contributed by atoms with Crippen molar-refractivity contribution >= 4 is 76.4 Å². The lowest BCUT2D eigenvalue weighted by Gasteiger charge is -2.30. The molecule has 0 radical (unpaired) electrons. The minimum atomic E-state index is -0.320. The normalized spacial score (nSPS) is 12.6. The van der Waals surface area contributed by atoms with Crippen molar-refractivity contribution in [2.24, 2.45) is 0 Å². The molecule has 0 unspecified atom stereocenters. The molecule has 4 heteroatoms. The van der Waals surface area contributed by atoms with E-state index in [4.69, 9.17) is 0 Å². The zero-order valence-electron chi connectivity index (χ0n) is 33.3. The number of para-hydroxylation sites is 1. The Hall–Kier alpha value is -7.45. The van der Waals surface area contributed by atoms with Gasteiger partial charge in [0.25, 0.3) is 0 Å². The summed E-state index contributed by atoms with van der Waals surface area (Å²) in [6, 6.07) is 74.2. The maximum atomic E-state index is 9.79. The van der Waals surface area contributed by atoms with Gasteiger partial charge in [0.2, 0.25) is 0 Å². The van der Waals surface area contributed by atoms with E-state index >= 15 is 0 Å². The molecule has 60 heavy (non-hydrogen) atoms. The smallest absolute Gasteiger partial charge is 0.0991 e. The molecule has 1 heterocycles. The van der Waals surface area contributed by atoms with Crippen LogP contribution >= 0.6 is 11.3 Å². The van der Waals surface area contributed by atoms with E-state index in [0.29, 0.717) is 5.56 Å². The standard InChI is InChI=1S/C56H39N3S/c1-56(2)49-34-43(58(40-16-7-4-8-17-40)41-30-26-39(27-31-41)38-14-5-3-6-15-38)32-33-48(49)54-46-20-10-9-18-44(46)52(35-50(54)56)59(42-28-24-37(36-57)25-29-42)51-22-13-21-47-45-19-11-12-23-53(45)60-55(47)51/h3-35H,1-2H3. The summed E-state index contributed by atoms with van der Waals surface area (Å²) in [4.78, 5) is 4.79. The first-order valence-electron chi connectivity index (χ1n) is 20.4. The summed E-state index contributed by atoms with van der Waals surface area (Å²) < 4.78 is 2.50. The monoisotopic (exact) mass is 785 g/mol. The van der Waals surface area contributed by atoms with Crippen molar-refractivity contribution < 1.29 is 0 Å². The van der Waals surface area contributed by atoms with E-state index < -0.39 is 0 Å². The minimum Gasteiger partial charge on any atom is -0.310 e. The highest BCUT2D eigenvalue weighted by atomic mass is 32.1. The van der Waals surface area contributed by atoms with Crippen LogP contribution in [-0.4, -0.2) is 0 Å². The van der Waals surface area contributed by atoms with Gasteiger partial charge in [-0.2, -0.15) is 5.26 Å². The van der Waals surface area contributed by atoms with E-state index in [0.717, 1.165) is 34.1 Å². The van der Waals surface area contributed by atoms with Crippen LogP contribution in [0.15, 0.2) is 200 Å². The van der Waals surface area contributed by atoms with Crippen LogP contribution in [0.3, 0.4) is 0 Å². The van der Waals surface area contributed by atoms with E-state index in [1.165, 1.54) is 64.3 Å². The van der Waals surface area contributed by atoms with Gasteiger partial charge >= 0.3 is 0 Å². The highest BCUT2D eigenvalue weighted by molar-refractivity contribution is 7.26. The first kappa shape index (κ1) is 35.7. The third-order valence-corrected chi connectivity index (χ3v) is 13.5. The van der Waals surface area contributed by atoms with E-state index in [1.807, 2.05) is 23.5 Å². The Kier molecular flexibility index (Phi) is 8.41. The topological polar surface area (TPSA) is 30.3 Å². The van der Waals surface area contributed by atoms with Crippen LogP contribution in [0, 0.1) is 11.3 Å². The minimum absolute atomic E-state index is 0.320. The second-order valence-corrected chi connectivity index (χ2v) is 17.1. The number of thiophene rings is 1. The van der Waals surface area contributed by atoms with Crippen molar-refractivity contribution in [2.45, 2.75) is 19.3 Å². The van der Waals surface area contributed by atoms with Gasteiger partial charge in [0.05, 0.1) is 27.7 Å². The second-order valence-electron chi connectivity index (χ2n) is 16.0. The molecule has 0 aliphatic heterocycles. The molecule has 0 spiro atoms. The molecular weight excluding hydrogens is 747 g/mol. The summed E-state index contributed by atoms with van der Waals surface area (Å²) in [6.07, 6.45) is 0. The largest absolute Gasteiger partial charge is 0.310 e. The molecule has 284 valence electrons. The molecule has 1 aliphatic rings. The maximum absolute atomic E-state index is 9.79. The molecule has 0 saturated carbocycles. The Bertz CT molecular complexity index is 3290. The number of hydrogen-bond acceptors (Lipinski definition) is 4. The van der Waals surface area contributed by atoms with E-state index in [1.54, 1.807) is 0 Å². The molecule has 1 aromatic heterocycles. The number of rotatable bonds is 7. The fourth-order valence-corrected chi connectivity index (χ4v) is 10.5. The third-order valence-electron chi connectivity index (χ3n) is 12.3. The predicted molar refractivity (Wildman–Crippen MR) is 254 cm³/mol. The highest BCUT2D eigenvalue weighted by Crippen LogP contribution is 2.56. The number of anilines is 6. The molecule has 0 saturated heterocycles. The van der Waals surface area contributed by atoms with Crippen molar-refractivity contribution in [3.63, 3.8) is 0 Å². The Balaban J connectivity index is 1.10. The summed E-state index contributed by atoms with van der Waals surface area (Å²) in [5.41, 5.74) is 14.5. The van der Waals surface area contributed by atoms with Crippen LogP contribution in [0.4, 0.5) is 34.1 Å². The van der Waals surface area contributed by atoms with Crippen LogP contribution in [0.25, 0.3) is 53.2 Å². The van der Waals surface area contributed by atoms with Gasteiger partial charge in [-0.1, -0.05) is 135 Å². The van der Waals surface area contributed by atoms with Crippen LogP contribution in [0.5, 0.6) is 0 Å². The molecule has 10 aromatic rings. The van der Waals surface area contributed by atoms with Crippen molar-refractivity contribution in [2.75, 3.05) is 9.80 Å². The fourth-order valence-electron chi connectivity index (χ4n) is 9.33. The Morgan fingerprint density at radius 1 is 0.450 bits per heavy atom. The van der Waals surface area contributed by atoms with Crippen LogP contribution in [0.1, 0.15) is 30.5 Å². The molecular formula is C56H39N3S.